The molecule has 0 aliphatic carbocycles. The Kier molecular flexibility index (Phi) is 5.21. The van der Waals surface area contributed by atoms with Gasteiger partial charge in [0, 0.05) is 18.1 Å². The number of likely N-dealkylation sites (N-methyl/N-ethyl adjacent to an activating group) is 1. The lowest BCUT2D eigenvalue weighted by Gasteiger charge is -2.20. The molecule has 0 N–H and O–H groups in total. The number of Topliss-reactive ketones (excluding diaryl/α,β-unsaturated/α-hetero) is 1. The molecule has 19 heavy (non-hydrogen) atoms. The molecule has 1 aromatic rings. The molecule has 0 fully saturated rings. The van der Waals surface area contributed by atoms with Crippen LogP contribution in [-0.4, -0.2) is 43.8 Å². The van der Waals surface area contributed by atoms with Crippen LogP contribution < -0.4 is 4.90 Å². The van der Waals surface area contributed by atoms with Crippen LogP contribution in [0.3, 0.4) is 0 Å². The van der Waals surface area contributed by atoms with E-state index in [0.29, 0.717) is 28.8 Å². The second kappa shape index (κ2) is 6.09. The highest BCUT2D eigenvalue weighted by Crippen LogP contribution is 2.37. The quantitative estimate of drug-likeness (QED) is 0.803. The summed E-state index contributed by atoms with van der Waals surface area (Å²) in [5.74, 6) is -1.09. The van der Waals surface area contributed by atoms with Gasteiger partial charge in [0.1, 0.15) is 0 Å². The summed E-state index contributed by atoms with van der Waals surface area (Å²) in [6, 6.07) is 3.02. The molecule has 0 spiro atoms. The molecule has 1 amide bonds. The molecule has 0 saturated carbocycles. The molecular weight excluding hydrogens is 311 g/mol. The van der Waals surface area contributed by atoms with Crippen LogP contribution >= 0.6 is 35.6 Å². The van der Waals surface area contributed by atoms with E-state index in [-0.39, 0.29) is 18.0 Å². The number of benzene rings is 1. The van der Waals surface area contributed by atoms with Crippen LogP contribution in [0.1, 0.15) is 10.4 Å². The first kappa shape index (κ1) is 16.2. The number of fused-ring (bicyclic) bond motifs is 1. The standard InChI is InChI=1S/C12H12Cl2N2O2.ClH/c1-15(2)3-4-16-10-8(11(17)12(16)18)5-7(13)6-9(10)14;/h5-6H,3-4H2,1-2H3;1H. The molecule has 1 heterocycles. The van der Waals surface area contributed by atoms with Crippen molar-refractivity contribution in [1.82, 2.24) is 4.90 Å². The lowest BCUT2D eigenvalue weighted by atomic mass is 10.1. The van der Waals surface area contributed by atoms with Crippen LogP contribution in [0.5, 0.6) is 0 Å². The highest BCUT2D eigenvalue weighted by Gasteiger charge is 2.37. The first-order chi connectivity index (χ1) is 8.41. The number of amides is 1. The number of rotatable bonds is 3. The number of ketones is 1. The second-order valence-electron chi connectivity index (χ2n) is 4.37. The molecule has 1 aromatic carbocycles. The van der Waals surface area contributed by atoms with E-state index in [1.54, 1.807) is 0 Å². The largest absolute Gasteiger partial charge is 0.308 e. The Morgan fingerprint density at radius 3 is 2.42 bits per heavy atom. The van der Waals surface area contributed by atoms with Crippen molar-refractivity contribution in [3.8, 4) is 0 Å². The molecule has 104 valence electrons. The number of halogens is 3. The first-order valence-electron chi connectivity index (χ1n) is 5.42. The van der Waals surface area contributed by atoms with Crippen LogP contribution in [0, 0.1) is 0 Å². The summed E-state index contributed by atoms with van der Waals surface area (Å²) in [7, 11) is 3.79. The Bertz CT molecular complexity index is 532. The van der Waals surface area contributed by atoms with Crippen LogP contribution in [0.25, 0.3) is 0 Å². The number of anilines is 1. The third kappa shape index (κ3) is 3.03. The summed E-state index contributed by atoms with van der Waals surface area (Å²) < 4.78 is 0. The maximum Gasteiger partial charge on any atom is 0.299 e. The Morgan fingerprint density at radius 1 is 1.21 bits per heavy atom. The number of nitrogens with zero attached hydrogens (tertiary/aromatic N) is 2. The van der Waals surface area contributed by atoms with E-state index in [9.17, 15) is 9.59 Å². The van der Waals surface area contributed by atoms with Gasteiger partial charge in [0.2, 0.25) is 0 Å². The van der Waals surface area contributed by atoms with Crippen molar-refractivity contribution >= 4 is 53.0 Å². The summed E-state index contributed by atoms with van der Waals surface area (Å²) in [6.45, 7) is 1.07. The smallest absolute Gasteiger partial charge is 0.299 e. The van der Waals surface area contributed by atoms with Crippen molar-refractivity contribution in [2.24, 2.45) is 0 Å². The third-order valence-electron chi connectivity index (χ3n) is 2.75. The Hall–Kier alpha value is -0.810. The van der Waals surface area contributed by atoms with Gasteiger partial charge in [-0.3, -0.25) is 9.59 Å². The van der Waals surface area contributed by atoms with E-state index < -0.39 is 11.7 Å². The average molecular weight is 324 g/mol. The first-order valence-corrected chi connectivity index (χ1v) is 6.17. The Morgan fingerprint density at radius 2 is 1.84 bits per heavy atom. The number of carbonyl (C=O) groups is 2. The molecule has 7 heteroatoms. The van der Waals surface area contributed by atoms with Gasteiger partial charge in [-0.15, -0.1) is 12.4 Å². The summed E-state index contributed by atoms with van der Waals surface area (Å²) in [5, 5.41) is 0.685. The molecule has 0 radical (unpaired) electrons. The zero-order valence-corrected chi connectivity index (χ0v) is 12.8. The predicted octanol–water partition coefficient (Wildman–Crippen LogP) is 2.51. The molecular formula is C12H13Cl3N2O2. The molecule has 2 rings (SSSR count). The van der Waals surface area contributed by atoms with Gasteiger partial charge in [-0.05, 0) is 26.2 Å². The molecule has 0 unspecified atom stereocenters. The van der Waals surface area contributed by atoms with Crippen molar-refractivity contribution in [3.63, 3.8) is 0 Å². The molecule has 0 aromatic heterocycles. The molecule has 1 aliphatic heterocycles. The summed E-state index contributed by atoms with van der Waals surface area (Å²) in [5.41, 5.74) is 0.758. The van der Waals surface area contributed by atoms with Crippen LogP contribution in [0.15, 0.2) is 12.1 Å². The maximum atomic E-state index is 11.9. The third-order valence-corrected chi connectivity index (χ3v) is 3.26. The van der Waals surface area contributed by atoms with E-state index in [1.165, 1.54) is 17.0 Å². The SMILES string of the molecule is CN(C)CCN1C(=O)C(=O)c2cc(Cl)cc(Cl)c21.Cl. The molecule has 4 nitrogen and oxygen atoms in total. The normalized spacial score (nSPS) is 13.8. The van der Waals surface area contributed by atoms with E-state index in [4.69, 9.17) is 23.2 Å². The minimum Gasteiger partial charge on any atom is -0.308 e. The topological polar surface area (TPSA) is 40.6 Å². The van der Waals surface area contributed by atoms with Crippen molar-refractivity contribution in [2.75, 3.05) is 32.1 Å². The van der Waals surface area contributed by atoms with Gasteiger partial charge in [0.25, 0.3) is 11.7 Å². The van der Waals surface area contributed by atoms with Crippen LogP contribution in [-0.2, 0) is 4.79 Å². The fourth-order valence-corrected chi connectivity index (χ4v) is 2.46. The van der Waals surface area contributed by atoms with Crippen molar-refractivity contribution in [1.29, 1.82) is 0 Å². The number of hydrogen-bond acceptors (Lipinski definition) is 3. The average Bonchev–Trinajstić information content (AvgIpc) is 2.51. The van der Waals surface area contributed by atoms with Gasteiger partial charge >= 0.3 is 0 Å². The molecule has 0 bridgehead atoms. The van der Waals surface area contributed by atoms with Crippen molar-refractivity contribution < 1.29 is 9.59 Å². The zero-order valence-electron chi connectivity index (χ0n) is 10.4. The monoisotopic (exact) mass is 322 g/mol. The van der Waals surface area contributed by atoms with E-state index >= 15 is 0 Å². The van der Waals surface area contributed by atoms with Crippen molar-refractivity contribution in [2.45, 2.75) is 0 Å². The van der Waals surface area contributed by atoms with Crippen molar-refractivity contribution in [3.05, 3.63) is 27.7 Å². The maximum absolute atomic E-state index is 11.9. The minimum absolute atomic E-state index is 0. The van der Waals surface area contributed by atoms with Crippen LogP contribution in [0.4, 0.5) is 5.69 Å². The fourth-order valence-electron chi connectivity index (χ4n) is 1.87. The zero-order chi connectivity index (χ0) is 13.4. The number of carbonyl (C=O) groups excluding carboxylic acids is 2. The lowest BCUT2D eigenvalue weighted by molar-refractivity contribution is -0.114. The lowest BCUT2D eigenvalue weighted by Crippen LogP contribution is -2.35. The fraction of sp³-hybridized carbons (Fsp3) is 0.333. The highest BCUT2D eigenvalue weighted by atomic mass is 35.5. The predicted molar refractivity (Wildman–Crippen MR) is 78.9 cm³/mol. The van der Waals surface area contributed by atoms with Gasteiger partial charge in [-0.2, -0.15) is 0 Å². The van der Waals surface area contributed by atoms with E-state index in [1.807, 2.05) is 19.0 Å². The Balaban J connectivity index is 0.00000180. The molecule has 0 saturated heterocycles. The summed E-state index contributed by atoms with van der Waals surface area (Å²) >= 11 is 11.9. The van der Waals surface area contributed by atoms with E-state index in [0.717, 1.165) is 0 Å². The van der Waals surface area contributed by atoms with Crippen LogP contribution in [0.2, 0.25) is 10.0 Å². The van der Waals surface area contributed by atoms with Gasteiger partial charge < -0.3 is 9.80 Å². The van der Waals surface area contributed by atoms with Gasteiger partial charge in [-0.25, -0.2) is 0 Å². The molecule has 1 aliphatic rings. The molecule has 0 atom stereocenters. The minimum atomic E-state index is -0.548. The summed E-state index contributed by atoms with van der Waals surface area (Å²) in [4.78, 5) is 27.1. The van der Waals surface area contributed by atoms with E-state index in [2.05, 4.69) is 0 Å². The number of hydrogen-bond donors (Lipinski definition) is 0. The van der Waals surface area contributed by atoms with Gasteiger partial charge in [0.05, 0.1) is 16.3 Å². The highest BCUT2D eigenvalue weighted by molar-refractivity contribution is 6.54. The summed E-state index contributed by atoms with van der Waals surface area (Å²) in [6.07, 6.45) is 0. The van der Waals surface area contributed by atoms with Gasteiger partial charge in [-0.1, -0.05) is 23.2 Å². The second-order valence-corrected chi connectivity index (χ2v) is 5.22. The Labute approximate surface area is 127 Å². The van der Waals surface area contributed by atoms with Gasteiger partial charge in [0.15, 0.2) is 0 Å².